The smallest absolute Gasteiger partial charge is 0.251 e. The molecule has 1 amide bonds. The summed E-state index contributed by atoms with van der Waals surface area (Å²) in [5.41, 5.74) is 0.360. The van der Waals surface area contributed by atoms with Crippen LogP contribution in [0.25, 0.3) is 0 Å². The first kappa shape index (κ1) is 19.3. The summed E-state index contributed by atoms with van der Waals surface area (Å²) in [5, 5.41) is 2.88. The maximum atomic E-state index is 12.8. The van der Waals surface area contributed by atoms with Gasteiger partial charge in [0.15, 0.2) is 0 Å². The Kier molecular flexibility index (Phi) is 5.67. The second kappa shape index (κ2) is 7.64. The number of likely N-dealkylation sites (tertiary alicyclic amines) is 1. The highest BCUT2D eigenvalue weighted by molar-refractivity contribution is 7.89. The van der Waals surface area contributed by atoms with Crippen molar-refractivity contribution in [3.63, 3.8) is 0 Å². The van der Waals surface area contributed by atoms with Gasteiger partial charge in [0.25, 0.3) is 5.91 Å². The third-order valence-electron chi connectivity index (χ3n) is 4.95. The molecule has 0 radical (unpaired) electrons. The van der Waals surface area contributed by atoms with Crippen molar-refractivity contribution >= 4 is 15.9 Å². The number of ether oxygens (including phenoxy) is 1. The Morgan fingerprint density at radius 1 is 1.27 bits per heavy atom. The predicted octanol–water partition coefficient (Wildman–Crippen LogP) is 0.965. The van der Waals surface area contributed by atoms with E-state index in [0.717, 1.165) is 12.8 Å². The second-order valence-electron chi connectivity index (χ2n) is 7.33. The first-order valence-electron chi connectivity index (χ1n) is 9.00. The highest BCUT2D eigenvalue weighted by atomic mass is 32.2. The van der Waals surface area contributed by atoms with Crippen LogP contribution in [0.2, 0.25) is 0 Å². The van der Waals surface area contributed by atoms with Gasteiger partial charge >= 0.3 is 0 Å². The quantitative estimate of drug-likeness (QED) is 0.735. The number of sulfonamides is 1. The number of hydrogen-bond acceptors (Lipinski definition) is 5. The zero-order chi connectivity index (χ0) is 18.9. The van der Waals surface area contributed by atoms with E-state index in [-0.39, 0.29) is 29.0 Å². The van der Waals surface area contributed by atoms with Crippen molar-refractivity contribution in [2.75, 3.05) is 20.2 Å². The van der Waals surface area contributed by atoms with Gasteiger partial charge in [0, 0.05) is 37.8 Å². The van der Waals surface area contributed by atoms with E-state index in [1.807, 2.05) is 0 Å². The van der Waals surface area contributed by atoms with E-state index < -0.39 is 10.0 Å². The van der Waals surface area contributed by atoms with E-state index in [0.29, 0.717) is 24.7 Å². The Hall–Kier alpha value is -1.48. The lowest BCUT2D eigenvalue weighted by Crippen LogP contribution is -2.43. The number of benzene rings is 1. The SMILES string of the molecule is CO[C@@H]1CN(C(C)C)C[C@H]1NS(=O)(=O)c1cccc(C(=O)NC2CC2)c1. The van der Waals surface area contributed by atoms with Crippen molar-refractivity contribution in [3.05, 3.63) is 29.8 Å². The summed E-state index contributed by atoms with van der Waals surface area (Å²) in [7, 11) is -2.15. The Morgan fingerprint density at radius 3 is 2.62 bits per heavy atom. The van der Waals surface area contributed by atoms with Gasteiger partial charge in [-0.2, -0.15) is 0 Å². The summed E-state index contributed by atoms with van der Waals surface area (Å²) in [6, 6.07) is 6.38. The molecule has 144 valence electrons. The van der Waals surface area contributed by atoms with E-state index >= 15 is 0 Å². The molecule has 2 N–H and O–H groups in total. The van der Waals surface area contributed by atoms with Crippen LogP contribution in [0.3, 0.4) is 0 Å². The number of amides is 1. The van der Waals surface area contributed by atoms with Crippen LogP contribution in [0, 0.1) is 0 Å². The Balaban J connectivity index is 1.74. The van der Waals surface area contributed by atoms with Gasteiger partial charge in [-0.1, -0.05) is 6.07 Å². The van der Waals surface area contributed by atoms with E-state index in [9.17, 15) is 13.2 Å². The van der Waals surface area contributed by atoms with Crippen LogP contribution < -0.4 is 10.0 Å². The molecule has 1 aliphatic heterocycles. The maximum absolute atomic E-state index is 12.8. The Labute approximate surface area is 155 Å². The van der Waals surface area contributed by atoms with Crippen molar-refractivity contribution in [1.82, 2.24) is 14.9 Å². The van der Waals surface area contributed by atoms with Crippen molar-refractivity contribution in [1.29, 1.82) is 0 Å². The molecule has 2 aliphatic rings. The highest BCUT2D eigenvalue weighted by Gasteiger charge is 2.37. The number of hydrogen-bond donors (Lipinski definition) is 2. The maximum Gasteiger partial charge on any atom is 0.251 e. The molecular formula is C18H27N3O4S. The molecule has 3 rings (SSSR count). The fourth-order valence-corrected chi connectivity index (χ4v) is 4.45. The lowest BCUT2D eigenvalue weighted by molar-refractivity contribution is 0.0920. The van der Waals surface area contributed by atoms with E-state index in [1.165, 1.54) is 12.1 Å². The monoisotopic (exact) mass is 381 g/mol. The minimum absolute atomic E-state index is 0.0961. The van der Waals surface area contributed by atoms with Crippen LogP contribution in [-0.4, -0.2) is 63.7 Å². The van der Waals surface area contributed by atoms with Crippen molar-refractivity contribution in [3.8, 4) is 0 Å². The van der Waals surface area contributed by atoms with Gasteiger partial charge in [-0.3, -0.25) is 9.69 Å². The molecule has 0 aromatic heterocycles. The second-order valence-corrected chi connectivity index (χ2v) is 9.04. The summed E-state index contributed by atoms with van der Waals surface area (Å²) in [4.78, 5) is 14.5. The van der Waals surface area contributed by atoms with Crippen molar-refractivity contribution in [2.24, 2.45) is 0 Å². The number of nitrogens with one attached hydrogen (secondary N) is 2. The Morgan fingerprint density at radius 2 is 2.00 bits per heavy atom. The number of methoxy groups -OCH3 is 1. The third-order valence-corrected chi connectivity index (χ3v) is 6.44. The fourth-order valence-electron chi connectivity index (χ4n) is 3.14. The third kappa shape index (κ3) is 4.43. The van der Waals surface area contributed by atoms with Crippen LogP contribution in [0.1, 0.15) is 37.0 Å². The average molecular weight is 381 g/mol. The van der Waals surface area contributed by atoms with Gasteiger partial charge in [-0.25, -0.2) is 13.1 Å². The lowest BCUT2D eigenvalue weighted by atomic mass is 10.2. The molecule has 1 saturated heterocycles. The molecule has 26 heavy (non-hydrogen) atoms. The molecular weight excluding hydrogens is 354 g/mol. The molecule has 7 nitrogen and oxygen atoms in total. The molecule has 1 heterocycles. The van der Waals surface area contributed by atoms with Gasteiger partial charge in [-0.15, -0.1) is 0 Å². The van der Waals surface area contributed by atoms with Crippen LogP contribution in [0.4, 0.5) is 0 Å². The van der Waals surface area contributed by atoms with Crippen molar-refractivity contribution in [2.45, 2.75) is 55.8 Å². The van der Waals surface area contributed by atoms with Crippen LogP contribution in [-0.2, 0) is 14.8 Å². The first-order chi connectivity index (χ1) is 12.3. The number of rotatable bonds is 7. The number of carbonyl (C=O) groups excluding carboxylic acids is 1. The molecule has 0 spiro atoms. The molecule has 2 atom stereocenters. The van der Waals surface area contributed by atoms with Gasteiger partial charge in [0.1, 0.15) is 0 Å². The van der Waals surface area contributed by atoms with Crippen LogP contribution >= 0.6 is 0 Å². The predicted molar refractivity (Wildman–Crippen MR) is 98.5 cm³/mol. The molecule has 1 aliphatic carbocycles. The summed E-state index contributed by atoms with van der Waals surface area (Å²) in [6.07, 6.45) is 1.77. The summed E-state index contributed by atoms with van der Waals surface area (Å²) in [5.74, 6) is -0.230. The zero-order valence-electron chi connectivity index (χ0n) is 15.4. The molecule has 0 bridgehead atoms. The van der Waals surface area contributed by atoms with Crippen molar-refractivity contribution < 1.29 is 17.9 Å². The van der Waals surface area contributed by atoms with Gasteiger partial charge in [-0.05, 0) is 44.9 Å². The first-order valence-corrected chi connectivity index (χ1v) is 10.5. The summed E-state index contributed by atoms with van der Waals surface area (Å²) < 4.78 is 33.9. The highest BCUT2D eigenvalue weighted by Crippen LogP contribution is 2.21. The number of carbonyl (C=O) groups is 1. The van der Waals surface area contributed by atoms with Gasteiger partial charge < -0.3 is 10.1 Å². The zero-order valence-corrected chi connectivity index (χ0v) is 16.3. The van der Waals surface area contributed by atoms with Gasteiger partial charge in [0.05, 0.1) is 17.0 Å². The average Bonchev–Trinajstić information content (AvgIpc) is 3.32. The Bertz CT molecular complexity index is 761. The molecule has 0 unspecified atom stereocenters. The van der Waals surface area contributed by atoms with E-state index in [4.69, 9.17) is 4.74 Å². The topological polar surface area (TPSA) is 87.7 Å². The van der Waals surface area contributed by atoms with Crippen LogP contribution in [0.5, 0.6) is 0 Å². The van der Waals surface area contributed by atoms with Crippen LogP contribution in [0.15, 0.2) is 29.2 Å². The molecule has 8 heteroatoms. The minimum atomic E-state index is -3.74. The van der Waals surface area contributed by atoms with E-state index in [1.54, 1.807) is 19.2 Å². The fraction of sp³-hybridized carbons (Fsp3) is 0.611. The molecule has 2 fully saturated rings. The standard InChI is InChI=1S/C18H27N3O4S/c1-12(2)21-10-16(17(11-21)25-3)20-26(23,24)15-6-4-5-13(9-15)18(22)19-14-7-8-14/h4-6,9,12,14,16-17,20H,7-8,10-11H2,1-3H3,(H,19,22)/t16-,17-/m1/s1. The largest absolute Gasteiger partial charge is 0.378 e. The summed E-state index contributed by atoms with van der Waals surface area (Å²) in [6.45, 7) is 5.43. The summed E-state index contributed by atoms with van der Waals surface area (Å²) >= 11 is 0. The minimum Gasteiger partial charge on any atom is -0.378 e. The van der Waals surface area contributed by atoms with E-state index in [2.05, 4.69) is 28.8 Å². The molecule has 1 aromatic carbocycles. The normalized spacial score (nSPS) is 24.2. The number of nitrogens with zero attached hydrogens (tertiary/aromatic N) is 1. The lowest BCUT2D eigenvalue weighted by Gasteiger charge is -2.20. The molecule has 1 aromatic rings. The molecule has 1 saturated carbocycles. The van der Waals surface area contributed by atoms with Gasteiger partial charge in [0.2, 0.25) is 10.0 Å².